The summed E-state index contributed by atoms with van der Waals surface area (Å²) in [4.78, 5) is 21.0. The van der Waals surface area contributed by atoms with Gasteiger partial charge in [0.1, 0.15) is 0 Å². The maximum atomic E-state index is 12.2. The Kier molecular flexibility index (Phi) is 3.77. The first-order valence-electron chi connectivity index (χ1n) is 5.44. The summed E-state index contributed by atoms with van der Waals surface area (Å²) in [6, 6.07) is 1.57. The molecule has 0 aliphatic carbocycles. The van der Waals surface area contributed by atoms with E-state index in [1.807, 2.05) is 0 Å². The minimum atomic E-state index is -3.91. The largest absolute Gasteiger partial charge is 0.481 e. The van der Waals surface area contributed by atoms with Gasteiger partial charge in [-0.25, -0.2) is 18.1 Å². The highest BCUT2D eigenvalue weighted by atomic mass is 32.2. The molecule has 0 radical (unpaired) electrons. The fourth-order valence-electron chi connectivity index (χ4n) is 1.50. The maximum absolute atomic E-state index is 12.2. The predicted octanol–water partition coefficient (Wildman–Crippen LogP) is 0.653. The van der Waals surface area contributed by atoms with E-state index in [0.717, 1.165) is 0 Å². The number of hydrogen-bond donors (Lipinski definition) is 2. The van der Waals surface area contributed by atoms with E-state index in [-0.39, 0.29) is 21.7 Å². The topological polar surface area (TPSA) is 114 Å². The molecular weight excluding hydrogens is 304 g/mol. The lowest BCUT2D eigenvalue weighted by Gasteiger charge is -2.07. The van der Waals surface area contributed by atoms with Crippen LogP contribution in [0.2, 0.25) is 0 Å². The highest BCUT2D eigenvalue weighted by molar-refractivity contribution is 7.94. The summed E-state index contributed by atoms with van der Waals surface area (Å²) in [6.45, 7) is 3.19. The molecule has 0 fully saturated rings. The fourth-order valence-corrected chi connectivity index (χ4v) is 3.75. The SMILES string of the molecule is COc1cc(C)nc(NS(=O)(=O)c2sc(=O)[nH]c2C)n1. The maximum Gasteiger partial charge on any atom is 0.306 e. The molecule has 8 nitrogen and oxygen atoms in total. The van der Waals surface area contributed by atoms with Crippen LogP contribution in [0.3, 0.4) is 0 Å². The van der Waals surface area contributed by atoms with E-state index in [9.17, 15) is 13.2 Å². The molecule has 0 atom stereocenters. The molecule has 2 N–H and O–H groups in total. The molecule has 0 bridgehead atoms. The van der Waals surface area contributed by atoms with Crippen LogP contribution in [0.25, 0.3) is 0 Å². The summed E-state index contributed by atoms with van der Waals surface area (Å²) in [5.74, 6) is 0.135. The molecule has 0 unspecified atom stereocenters. The van der Waals surface area contributed by atoms with Crippen LogP contribution in [0.4, 0.5) is 5.95 Å². The number of sulfonamides is 1. The van der Waals surface area contributed by atoms with Gasteiger partial charge in [-0.1, -0.05) is 11.3 Å². The summed E-state index contributed by atoms with van der Waals surface area (Å²) in [5, 5.41) is 0. The molecule has 2 aromatic rings. The van der Waals surface area contributed by atoms with Gasteiger partial charge in [0.05, 0.1) is 7.11 Å². The third-order valence-corrected chi connectivity index (χ3v) is 5.22. The van der Waals surface area contributed by atoms with Gasteiger partial charge in [-0.2, -0.15) is 4.98 Å². The standard InChI is InChI=1S/C10H12N4O4S2/c1-5-4-7(18-3)13-9(11-5)14-20(16,17)8-6(2)12-10(15)19-8/h4H,1-3H3,(H,12,15)(H,11,13,14). The third kappa shape index (κ3) is 2.96. The monoisotopic (exact) mass is 316 g/mol. The Morgan fingerprint density at radius 3 is 2.60 bits per heavy atom. The first-order chi connectivity index (χ1) is 9.31. The van der Waals surface area contributed by atoms with Crippen LogP contribution in [-0.4, -0.2) is 30.5 Å². The van der Waals surface area contributed by atoms with Crippen LogP contribution in [0.1, 0.15) is 11.4 Å². The van der Waals surface area contributed by atoms with Crippen molar-refractivity contribution in [1.82, 2.24) is 15.0 Å². The number of rotatable bonds is 4. The van der Waals surface area contributed by atoms with Crippen molar-refractivity contribution in [2.24, 2.45) is 0 Å². The Balaban J connectivity index is 2.40. The Hall–Kier alpha value is -1.94. The van der Waals surface area contributed by atoms with Crippen molar-refractivity contribution >= 4 is 27.3 Å². The van der Waals surface area contributed by atoms with Gasteiger partial charge in [0, 0.05) is 17.5 Å². The second-order valence-corrected chi connectivity index (χ2v) is 6.77. The molecule has 20 heavy (non-hydrogen) atoms. The molecule has 2 aromatic heterocycles. The Labute approximate surface area is 118 Å². The van der Waals surface area contributed by atoms with Gasteiger partial charge in [-0.15, -0.1) is 0 Å². The highest BCUT2D eigenvalue weighted by Gasteiger charge is 2.22. The average Bonchev–Trinajstić information content (AvgIpc) is 2.67. The van der Waals surface area contributed by atoms with E-state index in [1.54, 1.807) is 13.0 Å². The second kappa shape index (κ2) is 5.21. The Morgan fingerprint density at radius 2 is 2.05 bits per heavy atom. The summed E-state index contributed by atoms with van der Waals surface area (Å²) in [7, 11) is -2.49. The zero-order chi connectivity index (χ0) is 14.9. The van der Waals surface area contributed by atoms with Crippen molar-refractivity contribution in [1.29, 1.82) is 0 Å². The van der Waals surface area contributed by atoms with E-state index >= 15 is 0 Å². The number of H-pyrrole nitrogens is 1. The first-order valence-corrected chi connectivity index (χ1v) is 7.74. The van der Waals surface area contributed by atoms with E-state index in [0.29, 0.717) is 17.0 Å². The van der Waals surface area contributed by atoms with Gasteiger partial charge >= 0.3 is 4.87 Å². The van der Waals surface area contributed by atoms with E-state index < -0.39 is 14.9 Å². The van der Waals surface area contributed by atoms with Gasteiger partial charge in [-0.05, 0) is 13.8 Å². The molecule has 0 aromatic carbocycles. The molecule has 0 aliphatic heterocycles. The summed E-state index contributed by atoms with van der Waals surface area (Å²) in [5.41, 5.74) is 0.820. The lowest BCUT2D eigenvalue weighted by Crippen LogP contribution is -2.15. The normalized spacial score (nSPS) is 11.3. The lowest BCUT2D eigenvalue weighted by molar-refractivity contribution is 0.397. The van der Waals surface area contributed by atoms with E-state index in [2.05, 4.69) is 19.7 Å². The Morgan fingerprint density at radius 1 is 1.35 bits per heavy atom. The zero-order valence-corrected chi connectivity index (χ0v) is 12.6. The number of nitrogens with zero attached hydrogens (tertiary/aromatic N) is 2. The molecule has 0 saturated carbocycles. The lowest BCUT2D eigenvalue weighted by atomic mass is 10.4. The molecule has 0 amide bonds. The van der Waals surface area contributed by atoms with Crippen LogP contribution >= 0.6 is 11.3 Å². The summed E-state index contributed by atoms with van der Waals surface area (Å²) < 4.78 is 31.4. The number of thiazole rings is 1. The first kappa shape index (κ1) is 14.5. The molecular formula is C10H12N4O4S2. The van der Waals surface area contributed by atoms with Gasteiger partial charge < -0.3 is 9.72 Å². The minimum Gasteiger partial charge on any atom is -0.481 e. The highest BCUT2D eigenvalue weighted by Crippen LogP contribution is 2.20. The van der Waals surface area contributed by atoms with Crippen molar-refractivity contribution in [2.45, 2.75) is 18.1 Å². The number of anilines is 1. The number of aromatic amines is 1. The van der Waals surface area contributed by atoms with Gasteiger partial charge in [0.15, 0.2) is 4.21 Å². The fraction of sp³-hybridized carbons (Fsp3) is 0.300. The summed E-state index contributed by atoms with van der Waals surface area (Å²) >= 11 is 0.606. The van der Waals surface area contributed by atoms with E-state index in [4.69, 9.17) is 4.74 Å². The van der Waals surface area contributed by atoms with Gasteiger partial charge in [0.2, 0.25) is 11.8 Å². The molecule has 2 rings (SSSR count). The summed E-state index contributed by atoms with van der Waals surface area (Å²) in [6.07, 6.45) is 0. The van der Waals surface area contributed by atoms with Crippen LogP contribution in [0.15, 0.2) is 15.1 Å². The van der Waals surface area contributed by atoms with Gasteiger partial charge in [0.25, 0.3) is 10.0 Å². The van der Waals surface area contributed by atoms with Crippen molar-refractivity contribution < 1.29 is 13.2 Å². The molecule has 0 saturated heterocycles. The number of methoxy groups -OCH3 is 1. The smallest absolute Gasteiger partial charge is 0.306 e. The molecule has 0 aliphatic rings. The second-order valence-electron chi connectivity index (χ2n) is 3.91. The number of aryl methyl sites for hydroxylation is 2. The predicted molar refractivity (Wildman–Crippen MR) is 73.8 cm³/mol. The molecule has 108 valence electrons. The van der Waals surface area contributed by atoms with Crippen molar-refractivity contribution in [3.05, 3.63) is 27.1 Å². The minimum absolute atomic E-state index is 0.0911. The van der Waals surface area contributed by atoms with E-state index in [1.165, 1.54) is 14.0 Å². The average molecular weight is 316 g/mol. The molecule has 10 heteroatoms. The quantitative estimate of drug-likeness (QED) is 0.856. The number of aromatic nitrogens is 3. The van der Waals surface area contributed by atoms with Crippen LogP contribution in [0.5, 0.6) is 5.88 Å². The van der Waals surface area contributed by atoms with Crippen LogP contribution in [-0.2, 0) is 10.0 Å². The third-order valence-electron chi connectivity index (χ3n) is 2.29. The molecule has 0 spiro atoms. The Bertz CT molecular complexity index is 794. The van der Waals surface area contributed by atoms with Crippen molar-refractivity contribution in [3.8, 4) is 5.88 Å². The molecule has 2 heterocycles. The number of hydrogen-bond acceptors (Lipinski definition) is 7. The zero-order valence-electron chi connectivity index (χ0n) is 10.9. The van der Waals surface area contributed by atoms with Crippen LogP contribution in [0, 0.1) is 13.8 Å². The number of nitrogens with one attached hydrogen (secondary N) is 2. The van der Waals surface area contributed by atoms with Gasteiger partial charge in [-0.3, -0.25) is 4.79 Å². The van der Waals surface area contributed by atoms with Crippen LogP contribution < -0.4 is 14.3 Å². The number of ether oxygens (including phenoxy) is 1. The van der Waals surface area contributed by atoms with Crippen molar-refractivity contribution in [3.63, 3.8) is 0 Å². The van der Waals surface area contributed by atoms with Crippen molar-refractivity contribution in [2.75, 3.05) is 11.8 Å².